The maximum atomic E-state index is 10.8. The van der Waals surface area contributed by atoms with Crippen molar-refractivity contribution in [1.82, 2.24) is 9.55 Å². The summed E-state index contributed by atoms with van der Waals surface area (Å²) in [4.78, 5) is 15.2. The van der Waals surface area contributed by atoms with Crippen molar-refractivity contribution in [2.45, 2.75) is 13.0 Å². The molecular weight excluding hydrogens is 208 g/mol. The summed E-state index contributed by atoms with van der Waals surface area (Å²) in [6.07, 6.45) is 3.94. The fraction of sp³-hybridized carbons (Fsp3) is 0.273. The van der Waals surface area contributed by atoms with Gasteiger partial charge in [-0.2, -0.15) is 0 Å². The van der Waals surface area contributed by atoms with Gasteiger partial charge in [-0.25, -0.2) is 4.98 Å². The first-order chi connectivity index (χ1) is 7.74. The first-order valence-corrected chi connectivity index (χ1v) is 5.07. The fourth-order valence-electron chi connectivity index (χ4n) is 2.01. The van der Waals surface area contributed by atoms with Crippen LogP contribution in [0.2, 0.25) is 0 Å². The van der Waals surface area contributed by atoms with Gasteiger partial charge in [0.1, 0.15) is 11.5 Å². The van der Waals surface area contributed by atoms with E-state index in [0.29, 0.717) is 18.7 Å². The number of furan rings is 1. The second-order valence-corrected chi connectivity index (χ2v) is 3.91. The number of carboxylic acids is 1. The number of carbonyl (C=O) groups is 1. The van der Waals surface area contributed by atoms with Crippen LogP contribution in [0.3, 0.4) is 0 Å². The molecule has 0 fully saturated rings. The van der Waals surface area contributed by atoms with E-state index in [2.05, 4.69) is 4.98 Å². The number of nitrogens with zero attached hydrogens (tertiary/aromatic N) is 2. The van der Waals surface area contributed by atoms with Gasteiger partial charge in [0.2, 0.25) is 0 Å². The van der Waals surface area contributed by atoms with Gasteiger partial charge in [-0.3, -0.25) is 4.79 Å². The summed E-state index contributed by atoms with van der Waals surface area (Å²) >= 11 is 0. The molecule has 0 spiro atoms. The van der Waals surface area contributed by atoms with Crippen LogP contribution in [0.1, 0.15) is 5.82 Å². The van der Waals surface area contributed by atoms with E-state index in [1.807, 2.05) is 16.8 Å². The molecule has 0 amide bonds. The Kier molecular flexibility index (Phi) is 1.86. The van der Waals surface area contributed by atoms with Crippen LogP contribution in [0, 0.1) is 5.92 Å². The highest BCUT2D eigenvalue weighted by atomic mass is 16.4. The molecule has 0 bridgehead atoms. The van der Waals surface area contributed by atoms with E-state index in [1.165, 1.54) is 0 Å². The second-order valence-electron chi connectivity index (χ2n) is 3.91. The number of hydrogen-bond acceptors (Lipinski definition) is 3. The molecule has 1 N–H and O–H groups in total. The zero-order chi connectivity index (χ0) is 11.1. The summed E-state index contributed by atoms with van der Waals surface area (Å²) in [6.45, 7) is 0.498. The van der Waals surface area contributed by atoms with E-state index in [0.717, 1.165) is 11.5 Å². The number of rotatable bonds is 2. The van der Waals surface area contributed by atoms with Gasteiger partial charge < -0.3 is 14.1 Å². The lowest BCUT2D eigenvalue weighted by Gasteiger charge is -2.00. The molecule has 5 heteroatoms. The molecular formula is C11H10N2O3. The first-order valence-electron chi connectivity index (χ1n) is 5.07. The maximum absolute atomic E-state index is 10.8. The van der Waals surface area contributed by atoms with E-state index < -0.39 is 5.97 Å². The van der Waals surface area contributed by atoms with Gasteiger partial charge in [0, 0.05) is 19.2 Å². The Morgan fingerprint density at radius 2 is 2.50 bits per heavy atom. The molecule has 0 aromatic carbocycles. The Bertz CT molecular complexity index is 504. The van der Waals surface area contributed by atoms with Gasteiger partial charge in [-0.1, -0.05) is 0 Å². The lowest BCUT2D eigenvalue weighted by atomic mass is 10.1. The second kappa shape index (κ2) is 3.23. The molecule has 16 heavy (non-hydrogen) atoms. The van der Waals surface area contributed by atoms with Gasteiger partial charge in [0.15, 0.2) is 5.76 Å². The lowest BCUT2D eigenvalue weighted by Crippen LogP contribution is -2.14. The third-order valence-electron chi connectivity index (χ3n) is 2.83. The van der Waals surface area contributed by atoms with Crippen LogP contribution in [0.15, 0.2) is 29.0 Å². The van der Waals surface area contributed by atoms with Gasteiger partial charge in [0.25, 0.3) is 0 Å². The van der Waals surface area contributed by atoms with Crippen LogP contribution < -0.4 is 0 Å². The maximum Gasteiger partial charge on any atom is 0.308 e. The summed E-state index contributed by atoms with van der Waals surface area (Å²) < 4.78 is 7.12. The number of carboxylic acid groups (broad SMARTS) is 1. The number of hydrogen-bond donors (Lipinski definition) is 1. The van der Waals surface area contributed by atoms with Crippen LogP contribution in [-0.2, 0) is 17.8 Å². The topological polar surface area (TPSA) is 68.3 Å². The minimum absolute atomic E-state index is 0.340. The molecule has 1 atom stereocenters. The number of aromatic nitrogens is 2. The Labute approximate surface area is 91.3 Å². The van der Waals surface area contributed by atoms with Crippen LogP contribution in [-0.4, -0.2) is 20.6 Å². The normalized spacial score (nSPS) is 18.6. The predicted octanol–water partition coefficient (Wildman–Crippen LogP) is 1.40. The largest absolute Gasteiger partial charge is 0.481 e. The van der Waals surface area contributed by atoms with Crippen molar-refractivity contribution in [3.8, 4) is 11.5 Å². The Morgan fingerprint density at radius 3 is 3.12 bits per heavy atom. The monoisotopic (exact) mass is 218 g/mol. The molecule has 82 valence electrons. The molecule has 1 aliphatic rings. The van der Waals surface area contributed by atoms with Crippen molar-refractivity contribution in [3.63, 3.8) is 0 Å². The number of fused-ring (bicyclic) bond motifs is 1. The summed E-state index contributed by atoms with van der Waals surface area (Å²) in [5, 5.41) is 8.90. The zero-order valence-electron chi connectivity index (χ0n) is 8.46. The number of aliphatic carboxylic acids is 1. The van der Waals surface area contributed by atoms with Crippen LogP contribution in [0.5, 0.6) is 0 Å². The predicted molar refractivity (Wildman–Crippen MR) is 54.8 cm³/mol. The van der Waals surface area contributed by atoms with Gasteiger partial charge >= 0.3 is 5.97 Å². The molecule has 1 unspecified atom stereocenters. The summed E-state index contributed by atoms with van der Waals surface area (Å²) in [7, 11) is 0. The molecule has 1 aliphatic heterocycles. The van der Waals surface area contributed by atoms with E-state index in [9.17, 15) is 4.79 Å². The standard InChI is InChI=1S/C11H10N2O3/c14-11(15)7-4-10-12-8(6-13(10)5-7)9-2-1-3-16-9/h1-3,6-7H,4-5H2,(H,14,15). The van der Waals surface area contributed by atoms with Crippen molar-refractivity contribution < 1.29 is 14.3 Å². The Balaban J connectivity index is 1.90. The summed E-state index contributed by atoms with van der Waals surface area (Å²) in [5.74, 6) is 0.436. The lowest BCUT2D eigenvalue weighted by molar-refractivity contribution is -0.141. The first kappa shape index (κ1) is 9.21. The van der Waals surface area contributed by atoms with Gasteiger partial charge in [0.05, 0.1) is 12.2 Å². The van der Waals surface area contributed by atoms with E-state index in [1.54, 1.807) is 12.3 Å². The third kappa shape index (κ3) is 1.32. The van der Waals surface area contributed by atoms with Crippen molar-refractivity contribution in [2.24, 2.45) is 5.92 Å². The molecule has 3 heterocycles. The molecule has 5 nitrogen and oxygen atoms in total. The van der Waals surface area contributed by atoms with Gasteiger partial charge in [-0.05, 0) is 12.1 Å². The summed E-state index contributed by atoms with van der Waals surface area (Å²) in [6, 6.07) is 3.65. The zero-order valence-corrected chi connectivity index (χ0v) is 8.46. The van der Waals surface area contributed by atoms with Crippen molar-refractivity contribution >= 4 is 5.97 Å². The number of imidazole rings is 1. The van der Waals surface area contributed by atoms with Crippen molar-refractivity contribution in [1.29, 1.82) is 0 Å². The SMILES string of the molecule is O=C(O)C1Cc2nc(-c3ccco3)cn2C1. The molecule has 0 aliphatic carbocycles. The van der Waals surface area contributed by atoms with Crippen LogP contribution in [0.25, 0.3) is 11.5 Å². The Morgan fingerprint density at radius 1 is 1.62 bits per heavy atom. The fourth-order valence-corrected chi connectivity index (χ4v) is 2.01. The average Bonchev–Trinajstić information content (AvgIpc) is 2.91. The Hall–Kier alpha value is -2.04. The van der Waals surface area contributed by atoms with E-state index >= 15 is 0 Å². The van der Waals surface area contributed by atoms with E-state index in [-0.39, 0.29) is 5.92 Å². The molecule has 2 aromatic rings. The smallest absolute Gasteiger partial charge is 0.308 e. The van der Waals surface area contributed by atoms with E-state index in [4.69, 9.17) is 9.52 Å². The molecule has 2 aromatic heterocycles. The minimum atomic E-state index is -0.759. The highest BCUT2D eigenvalue weighted by Gasteiger charge is 2.29. The van der Waals surface area contributed by atoms with Crippen molar-refractivity contribution in [3.05, 3.63) is 30.4 Å². The quantitative estimate of drug-likeness (QED) is 0.827. The third-order valence-corrected chi connectivity index (χ3v) is 2.83. The molecule has 0 radical (unpaired) electrons. The molecule has 3 rings (SSSR count). The highest BCUT2D eigenvalue weighted by molar-refractivity contribution is 5.71. The van der Waals surface area contributed by atoms with Crippen LogP contribution >= 0.6 is 0 Å². The molecule has 0 saturated carbocycles. The average molecular weight is 218 g/mol. The van der Waals surface area contributed by atoms with Gasteiger partial charge in [-0.15, -0.1) is 0 Å². The van der Waals surface area contributed by atoms with Crippen molar-refractivity contribution in [2.75, 3.05) is 0 Å². The minimum Gasteiger partial charge on any atom is -0.481 e. The van der Waals surface area contributed by atoms with Crippen LogP contribution in [0.4, 0.5) is 0 Å². The molecule has 0 saturated heterocycles. The highest BCUT2D eigenvalue weighted by Crippen LogP contribution is 2.25. The summed E-state index contributed by atoms with van der Waals surface area (Å²) in [5.41, 5.74) is 0.767.